The van der Waals surface area contributed by atoms with Crippen molar-refractivity contribution < 1.29 is 23.9 Å². The lowest BCUT2D eigenvalue weighted by molar-refractivity contribution is -0.149. The molecule has 1 fully saturated rings. The van der Waals surface area contributed by atoms with Gasteiger partial charge in [0.1, 0.15) is 11.6 Å². The fraction of sp³-hybridized carbons (Fsp3) is 0.300. The van der Waals surface area contributed by atoms with Gasteiger partial charge < -0.3 is 20.6 Å². The molecule has 10 heteroatoms. The van der Waals surface area contributed by atoms with Gasteiger partial charge in [-0.2, -0.15) is 0 Å². The second kappa shape index (κ2) is 7.66. The van der Waals surface area contributed by atoms with Gasteiger partial charge in [-0.15, -0.1) is 0 Å². The molecule has 0 radical (unpaired) electrons. The number of nitrogens with one attached hydrogen (secondary N) is 2. The first-order valence-electron chi connectivity index (χ1n) is 9.33. The van der Waals surface area contributed by atoms with Crippen LogP contribution < -0.4 is 15.5 Å². The van der Waals surface area contributed by atoms with Crippen molar-refractivity contribution in [1.29, 1.82) is 0 Å². The third-order valence-electron chi connectivity index (χ3n) is 5.19. The number of anilines is 2. The molecule has 0 spiro atoms. The minimum absolute atomic E-state index is 0.0913. The summed E-state index contributed by atoms with van der Waals surface area (Å²) in [6, 6.07) is 5.54. The van der Waals surface area contributed by atoms with Crippen molar-refractivity contribution in [3.05, 3.63) is 52.4 Å². The van der Waals surface area contributed by atoms with E-state index >= 15 is 0 Å². The van der Waals surface area contributed by atoms with Gasteiger partial charge in [-0.3, -0.25) is 14.4 Å². The number of fused-ring (bicyclic) bond motifs is 1. The molecular weight excluding hydrogens is 415 g/mol. The van der Waals surface area contributed by atoms with Crippen molar-refractivity contribution in [1.82, 2.24) is 10.3 Å². The zero-order valence-electron chi connectivity index (χ0n) is 15.7. The smallest absolute Gasteiger partial charge is 0.268 e. The number of halogens is 2. The van der Waals surface area contributed by atoms with Gasteiger partial charge in [0.05, 0.1) is 11.9 Å². The molecule has 8 nitrogen and oxygen atoms in total. The van der Waals surface area contributed by atoms with Gasteiger partial charge in [0.2, 0.25) is 11.5 Å². The van der Waals surface area contributed by atoms with Crippen molar-refractivity contribution in [2.75, 3.05) is 16.8 Å². The number of hydrogen-bond acceptors (Lipinski definition) is 5. The summed E-state index contributed by atoms with van der Waals surface area (Å²) >= 11 is 5.80. The Morgan fingerprint density at radius 2 is 2.10 bits per heavy atom. The van der Waals surface area contributed by atoms with Crippen LogP contribution in [0.3, 0.4) is 0 Å². The molecule has 30 heavy (non-hydrogen) atoms. The minimum Gasteiger partial charge on any atom is -0.372 e. The predicted molar refractivity (Wildman–Crippen MR) is 106 cm³/mol. The quantitative estimate of drug-likeness (QED) is 0.634. The summed E-state index contributed by atoms with van der Waals surface area (Å²) in [7, 11) is 0. The van der Waals surface area contributed by atoms with Gasteiger partial charge in [-0.05, 0) is 41.8 Å². The first-order chi connectivity index (χ1) is 14.3. The van der Waals surface area contributed by atoms with Crippen molar-refractivity contribution in [2.24, 2.45) is 0 Å². The molecule has 1 atom stereocenters. The largest absolute Gasteiger partial charge is 0.372 e. The van der Waals surface area contributed by atoms with E-state index in [1.165, 1.54) is 23.2 Å². The van der Waals surface area contributed by atoms with Crippen molar-refractivity contribution in [2.45, 2.75) is 31.4 Å². The molecule has 2 aromatic rings. The normalized spacial score (nSPS) is 20.7. The molecule has 1 aromatic carbocycles. The Hall–Kier alpha value is -3.04. The van der Waals surface area contributed by atoms with E-state index in [9.17, 15) is 23.9 Å². The van der Waals surface area contributed by atoms with E-state index in [1.807, 2.05) is 0 Å². The van der Waals surface area contributed by atoms with Crippen molar-refractivity contribution >= 4 is 40.8 Å². The Labute approximate surface area is 176 Å². The van der Waals surface area contributed by atoms with Crippen LogP contribution >= 0.6 is 11.6 Å². The molecule has 0 bridgehead atoms. The maximum absolute atomic E-state index is 13.4. The van der Waals surface area contributed by atoms with E-state index in [0.717, 1.165) is 11.6 Å². The molecular formula is C20H18ClFN4O4. The second-order valence-corrected chi connectivity index (χ2v) is 7.71. The van der Waals surface area contributed by atoms with Crippen LogP contribution in [0, 0.1) is 5.82 Å². The highest BCUT2D eigenvalue weighted by Gasteiger charge is 2.51. The molecule has 1 unspecified atom stereocenters. The van der Waals surface area contributed by atoms with Crippen LogP contribution in [0.1, 0.15) is 24.0 Å². The number of carbonyl (C=O) groups is 3. The van der Waals surface area contributed by atoms with E-state index < -0.39 is 23.2 Å². The summed E-state index contributed by atoms with van der Waals surface area (Å²) < 4.78 is 13.4. The molecule has 156 valence electrons. The molecule has 3 N–H and O–H groups in total. The van der Waals surface area contributed by atoms with Gasteiger partial charge in [0, 0.05) is 31.0 Å². The summed E-state index contributed by atoms with van der Waals surface area (Å²) in [4.78, 5) is 42.3. The third-order valence-corrected chi connectivity index (χ3v) is 5.41. The summed E-state index contributed by atoms with van der Waals surface area (Å²) in [6.07, 6.45) is 2.13. The lowest BCUT2D eigenvalue weighted by Crippen LogP contribution is -2.52. The summed E-state index contributed by atoms with van der Waals surface area (Å²) in [6.45, 7) is 0.0351. The molecule has 1 saturated heterocycles. The minimum atomic E-state index is -2.23. The topological polar surface area (TPSA) is 112 Å². The highest BCUT2D eigenvalue weighted by Crippen LogP contribution is 2.31. The summed E-state index contributed by atoms with van der Waals surface area (Å²) in [5.74, 6) is -1.86. The van der Waals surface area contributed by atoms with Crippen LogP contribution in [0.15, 0.2) is 30.5 Å². The van der Waals surface area contributed by atoms with Gasteiger partial charge in [-0.1, -0.05) is 11.6 Å². The Morgan fingerprint density at radius 1 is 1.30 bits per heavy atom. The van der Waals surface area contributed by atoms with E-state index in [4.69, 9.17) is 11.6 Å². The molecule has 4 rings (SSSR count). The number of nitrogens with zero attached hydrogens (tertiary/aromatic N) is 2. The zero-order chi connectivity index (χ0) is 21.5. The molecule has 3 amide bonds. The lowest BCUT2D eigenvalue weighted by Gasteiger charge is -2.23. The maximum atomic E-state index is 13.4. The molecule has 1 aromatic heterocycles. The number of aliphatic hydroxyl groups is 1. The summed E-state index contributed by atoms with van der Waals surface area (Å²) in [5, 5.41) is 16.0. The van der Waals surface area contributed by atoms with E-state index in [-0.39, 0.29) is 30.4 Å². The predicted octanol–water partition coefficient (Wildman–Crippen LogP) is 1.54. The SMILES string of the molecule is O=C1CCc2cc(N3CCC(O)(C(=O)NCc4cc(F)cc(Cl)c4)C3=O)cnc2N1. The molecule has 0 aliphatic carbocycles. The standard InChI is InChI=1S/C20H18ClFN4O4/c21-13-5-11(6-14(22)8-13)9-24-18(28)20(30)3-4-26(19(20)29)15-7-12-1-2-16(27)25-17(12)23-10-15/h5-8,10,30H,1-4,9H2,(H,24,28)(H,23,25,27). The lowest BCUT2D eigenvalue weighted by atomic mass is 10.0. The Bertz CT molecular complexity index is 1040. The van der Waals surface area contributed by atoms with Gasteiger partial charge in [0.15, 0.2) is 0 Å². The highest BCUT2D eigenvalue weighted by atomic mass is 35.5. The van der Waals surface area contributed by atoms with Crippen molar-refractivity contribution in [3.8, 4) is 0 Å². The molecule has 3 heterocycles. The second-order valence-electron chi connectivity index (χ2n) is 7.28. The van der Waals surface area contributed by atoms with Crippen LogP contribution in [0.2, 0.25) is 5.02 Å². The number of pyridine rings is 1. The fourth-order valence-electron chi connectivity index (χ4n) is 3.60. The highest BCUT2D eigenvalue weighted by molar-refractivity contribution is 6.30. The van der Waals surface area contributed by atoms with Crippen molar-refractivity contribution in [3.63, 3.8) is 0 Å². The van der Waals surface area contributed by atoms with Crippen LogP contribution in [-0.2, 0) is 27.3 Å². The first-order valence-corrected chi connectivity index (χ1v) is 9.70. The Morgan fingerprint density at radius 3 is 2.87 bits per heavy atom. The molecule has 2 aliphatic heterocycles. The summed E-state index contributed by atoms with van der Waals surface area (Å²) in [5.41, 5.74) is -0.611. The van der Waals surface area contributed by atoms with E-state index in [0.29, 0.717) is 29.9 Å². The Balaban J connectivity index is 1.47. The van der Waals surface area contributed by atoms with E-state index in [1.54, 1.807) is 6.07 Å². The fourth-order valence-corrected chi connectivity index (χ4v) is 3.84. The van der Waals surface area contributed by atoms with E-state index in [2.05, 4.69) is 15.6 Å². The number of carbonyl (C=O) groups excluding carboxylic acids is 3. The van der Waals surface area contributed by atoms with Crippen LogP contribution in [0.5, 0.6) is 0 Å². The maximum Gasteiger partial charge on any atom is 0.268 e. The average Bonchev–Trinajstić information content (AvgIpc) is 3.01. The number of aromatic nitrogens is 1. The zero-order valence-corrected chi connectivity index (χ0v) is 16.5. The van der Waals surface area contributed by atoms with Crippen LogP contribution in [0.4, 0.5) is 15.9 Å². The number of amides is 3. The van der Waals surface area contributed by atoms with Gasteiger partial charge in [0.25, 0.3) is 11.8 Å². The average molecular weight is 433 g/mol. The number of hydrogen-bond donors (Lipinski definition) is 3. The Kier molecular flexibility index (Phi) is 5.17. The molecule has 0 saturated carbocycles. The number of aryl methyl sites for hydroxylation is 1. The van der Waals surface area contributed by atoms with Gasteiger partial charge >= 0.3 is 0 Å². The third kappa shape index (κ3) is 3.73. The van der Waals surface area contributed by atoms with Gasteiger partial charge in [-0.25, -0.2) is 9.37 Å². The first kappa shape index (κ1) is 20.2. The van der Waals surface area contributed by atoms with Crippen LogP contribution in [0.25, 0.3) is 0 Å². The number of benzene rings is 1. The monoisotopic (exact) mass is 432 g/mol. The number of rotatable bonds is 4. The molecule has 2 aliphatic rings. The van der Waals surface area contributed by atoms with Crippen LogP contribution in [-0.4, -0.2) is 40.0 Å².